The van der Waals surface area contributed by atoms with Crippen LogP contribution in [0.25, 0.3) is 0 Å². The third-order valence-corrected chi connectivity index (χ3v) is 6.71. The monoisotopic (exact) mass is 544 g/mol. The zero-order chi connectivity index (χ0) is 27.1. The number of carboxylic acid groups (broad SMARTS) is 2. The van der Waals surface area contributed by atoms with Gasteiger partial charge in [-0.15, -0.1) is 11.3 Å². The highest BCUT2D eigenvalue weighted by molar-refractivity contribution is 7.09. The van der Waals surface area contributed by atoms with Crippen molar-refractivity contribution in [1.82, 2.24) is 19.6 Å². The highest BCUT2D eigenvalue weighted by Crippen LogP contribution is 2.35. The molecule has 2 aliphatic heterocycles. The summed E-state index contributed by atoms with van der Waals surface area (Å²) in [7, 11) is 2.31. The number of halogens is 6. The summed E-state index contributed by atoms with van der Waals surface area (Å²) in [4.78, 5) is 24.6. The number of rotatable bonds is 4. The van der Waals surface area contributed by atoms with Crippen molar-refractivity contribution in [3.63, 3.8) is 0 Å². The molecule has 0 bridgehead atoms. The fraction of sp³-hybridized carbons (Fsp3) is 0.571. The van der Waals surface area contributed by atoms with Crippen LogP contribution in [-0.2, 0) is 22.7 Å². The van der Waals surface area contributed by atoms with Crippen molar-refractivity contribution in [1.29, 1.82) is 0 Å². The fourth-order valence-corrected chi connectivity index (χ4v) is 4.99. The Hall–Kier alpha value is -2.65. The molecule has 0 amide bonds. The highest BCUT2D eigenvalue weighted by Gasteiger charge is 2.42. The van der Waals surface area contributed by atoms with Gasteiger partial charge in [-0.25, -0.2) is 9.59 Å². The van der Waals surface area contributed by atoms with E-state index in [0.717, 1.165) is 25.0 Å². The molecule has 0 spiro atoms. The lowest BCUT2D eigenvalue weighted by molar-refractivity contribution is -0.193. The first-order valence-corrected chi connectivity index (χ1v) is 11.6. The summed E-state index contributed by atoms with van der Waals surface area (Å²) in [6, 6.07) is 7.84. The van der Waals surface area contributed by atoms with E-state index < -0.39 is 24.3 Å². The molecule has 0 radical (unpaired) electrons. The van der Waals surface area contributed by atoms with E-state index in [4.69, 9.17) is 19.8 Å². The number of carbonyl (C=O) groups is 2. The van der Waals surface area contributed by atoms with Crippen LogP contribution in [0.15, 0.2) is 36.0 Å². The van der Waals surface area contributed by atoms with Crippen molar-refractivity contribution in [3.8, 4) is 0 Å². The molecular weight excluding hydrogens is 518 g/mol. The maximum absolute atomic E-state index is 10.6. The quantitative estimate of drug-likeness (QED) is 0.565. The van der Waals surface area contributed by atoms with Gasteiger partial charge in [-0.05, 0) is 43.3 Å². The third-order valence-electron chi connectivity index (χ3n) is 5.85. The maximum Gasteiger partial charge on any atom is 0.490 e. The van der Waals surface area contributed by atoms with E-state index in [1.165, 1.54) is 30.8 Å². The van der Waals surface area contributed by atoms with E-state index in [9.17, 15) is 26.3 Å². The van der Waals surface area contributed by atoms with E-state index >= 15 is 0 Å². The van der Waals surface area contributed by atoms with Crippen LogP contribution in [0.3, 0.4) is 0 Å². The average Bonchev–Trinajstić information content (AvgIpc) is 3.51. The van der Waals surface area contributed by atoms with Gasteiger partial charge < -0.3 is 10.2 Å². The van der Waals surface area contributed by atoms with Crippen LogP contribution in [0.2, 0.25) is 0 Å². The Morgan fingerprint density at radius 3 is 2.19 bits per heavy atom. The summed E-state index contributed by atoms with van der Waals surface area (Å²) in [5.74, 6) is -4.70. The Labute approximate surface area is 206 Å². The highest BCUT2D eigenvalue weighted by atomic mass is 32.1. The van der Waals surface area contributed by atoms with Gasteiger partial charge in [0.05, 0.1) is 6.54 Å². The van der Waals surface area contributed by atoms with Gasteiger partial charge in [-0.1, -0.05) is 6.07 Å². The Bertz CT molecular complexity index is 927. The lowest BCUT2D eigenvalue weighted by Crippen LogP contribution is -2.45. The second-order valence-corrected chi connectivity index (χ2v) is 9.35. The minimum atomic E-state index is -5.08. The second kappa shape index (κ2) is 12.5. The molecule has 0 aliphatic carbocycles. The van der Waals surface area contributed by atoms with Gasteiger partial charge in [-0.3, -0.25) is 14.5 Å². The topological polar surface area (TPSA) is 98.9 Å². The molecule has 15 heteroatoms. The summed E-state index contributed by atoms with van der Waals surface area (Å²) in [6.45, 7) is 4.65. The molecule has 2 saturated heterocycles. The molecular formula is C21H26F6N4O4S. The zero-order valence-electron chi connectivity index (χ0n) is 19.1. The normalized spacial score (nSPS) is 22.6. The molecule has 36 heavy (non-hydrogen) atoms. The van der Waals surface area contributed by atoms with Crippen molar-refractivity contribution < 1.29 is 46.1 Å². The number of hydrogen-bond acceptors (Lipinski definition) is 6. The number of fused-ring (bicyclic) bond motifs is 1. The fourth-order valence-electron chi connectivity index (χ4n) is 4.24. The Kier molecular flexibility index (Phi) is 10.3. The van der Waals surface area contributed by atoms with E-state index in [0.29, 0.717) is 6.04 Å². The molecule has 0 saturated carbocycles. The Balaban J connectivity index is 0.000000271. The van der Waals surface area contributed by atoms with E-state index in [1.54, 1.807) is 0 Å². The van der Waals surface area contributed by atoms with Crippen LogP contribution in [0.5, 0.6) is 0 Å². The minimum Gasteiger partial charge on any atom is -0.475 e. The van der Waals surface area contributed by atoms with Crippen molar-refractivity contribution in [2.24, 2.45) is 5.92 Å². The minimum absolute atomic E-state index is 0.636. The van der Waals surface area contributed by atoms with Gasteiger partial charge in [-0.2, -0.15) is 31.4 Å². The molecule has 2 fully saturated rings. The molecule has 2 N–H and O–H groups in total. The van der Waals surface area contributed by atoms with E-state index in [-0.39, 0.29) is 0 Å². The van der Waals surface area contributed by atoms with Gasteiger partial charge in [0.15, 0.2) is 0 Å². The number of likely N-dealkylation sites (N-methyl/N-ethyl adjacent to an activating group) is 1. The maximum atomic E-state index is 10.6. The number of aromatic nitrogens is 2. The molecule has 2 aromatic rings. The number of likely N-dealkylation sites (tertiary alicyclic amines) is 2. The van der Waals surface area contributed by atoms with Crippen LogP contribution in [0.1, 0.15) is 17.7 Å². The Morgan fingerprint density at radius 2 is 1.72 bits per heavy atom. The number of hydrogen-bond donors (Lipinski definition) is 2. The van der Waals surface area contributed by atoms with Gasteiger partial charge >= 0.3 is 24.3 Å². The van der Waals surface area contributed by atoms with Crippen LogP contribution < -0.4 is 0 Å². The first-order valence-electron chi connectivity index (χ1n) is 10.7. The van der Waals surface area contributed by atoms with Crippen molar-refractivity contribution in [2.75, 3.05) is 20.1 Å². The number of alkyl halides is 6. The lowest BCUT2D eigenvalue weighted by atomic mass is 9.92. The number of nitrogens with zero attached hydrogens (tertiary/aromatic N) is 4. The zero-order valence-corrected chi connectivity index (χ0v) is 19.9. The van der Waals surface area contributed by atoms with Crippen molar-refractivity contribution in [2.45, 2.75) is 50.4 Å². The first-order chi connectivity index (χ1) is 16.7. The lowest BCUT2D eigenvalue weighted by Gasteiger charge is -2.37. The predicted octanol–water partition coefficient (Wildman–Crippen LogP) is 3.81. The average molecular weight is 545 g/mol. The molecule has 202 valence electrons. The predicted molar refractivity (Wildman–Crippen MR) is 117 cm³/mol. The van der Waals surface area contributed by atoms with Gasteiger partial charge in [0.2, 0.25) is 0 Å². The van der Waals surface area contributed by atoms with Crippen molar-refractivity contribution >= 4 is 23.3 Å². The molecule has 3 atom stereocenters. The molecule has 8 nitrogen and oxygen atoms in total. The summed E-state index contributed by atoms with van der Waals surface area (Å²) >= 11 is 1.88. The number of carboxylic acids is 2. The second-order valence-electron chi connectivity index (χ2n) is 8.32. The standard InChI is InChI=1S/C17H24N4S.2C2HF3O2/c1-19-15(12-21-7-3-6-18-21)10-14-11-20(8-5-17(14)19)13-16-4-2-9-22-16;2*3-2(4,5)1(6)7/h2-4,6-7,9,14-15,17H,5,8,10-13H2,1H3;2*(H,6,7)/t14-,15+,17+;;/m1../s1. The third kappa shape index (κ3) is 9.09. The van der Waals surface area contributed by atoms with Crippen LogP contribution in [0.4, 0.5) is 26.3 Å². The number of piperidine rings is 1. The molecule has 2 aliphatic rings. The number of aliphatic carboxylic acids is 2. The SMILES string of the molecule is CN1[C@H](Cn2cccn2)C[C@@H]2CN(Cc3cccs3)CC[C@@H]21.O=C(O)C(F)(F)F.O=C(O)C(F)(F)F. The van der Waals surface area contributed by atoms with Crippen molar-refractivity contribution in [3.05, 3.63) is 40.8 Å². The summed E-state index contributed by atoms with van der Waals surface area (Å²) in [6.07, 6.45) is -3.59. The first kappa shape index (κ1) is 29.6. The smallest absolute Gasteiger partial charge is 0.475 e. The Morgan fingerprint density at radius 1 is 1.11 bits per heavy atom. The molecule has 0 unspecified atom stereocenters. The summed E-state index contributed by atoms with van der Waals surface area (Å²) in [5, 5.41) is 20.8. The molecule has 4 heterocycles. The van der Waals surface area contributed by atoms with E-state index in [2.05, 4.69) is 50.3 Å². The van der Waals surface area contributed by atoms with Crippen LogP contribution in [-0.4, -0.2) is 86.3 Å². The summed E-state index contributed by atoms with van der Waals surface area (Å²) < 4.78 is 65.6. The van der Waals surface area contributed by atoms with Crippen LogP contribution in [0, 0.1) is 5.92 Å². The van der Waals surface area contributed by atoms with Gasteiger partial charge in [0.25, 0.3) is 0 Å². The van der Waals surface area contributed by atoms with Gasteiger partial charge in [0.1, 0.15) is 0 Å². The molecule has 2 aromatic heterocycles. The molecule has 0 aromatic carbocycles. The summed E-state index contributed by atoms with van der Waals surface area (Å²) in [5.41, 5.74) is 0. The number of thiophene rings is 1. The van der Waals surface area contributed by atoms with Gasteiger partial charge in [0, 0.05) is 49.0 Å². The molecule has 4 rings (SSSR count). The van der Waals surface area contributed by atoms with Crippen LogP contribution >= 0.6 is 11.3 Å². The van der Waals surface area contributed by atoms with E-state index in [1.807, 2.05) is 23.6 Å². The largest absolute Gasteiger partial charge is 0.490 e.